The van der Waals surface area contributed by atoms with E-state index in [9.17, 15) is 9.59 Å². The van der Waals surface area contributed by atoms with Crippen LogP contribution in [0.15, 0.2) is 36.5 Å². The molecule has 9 nitrogen and oxygen atoms in total. The summed E-state index contributed by atoms with van der Waals surface area (Å²) in [5, 5.41) is 6.49. The number of ether oxygens (including phenoxy) is 1. The fourth-order valence-electron chi connectivity index (χ4n) is 4.58. The maximum Gasteiger partial charge on any atom is 0.410 e. The van der Waals surface area contributed by atoms with Crippen molar-refractivity contribution in [1.29, 1.82) is 0 Å². The largest absolute Gasteiger partial charge is 0.448 e. The summed E-state index contributed by atoms with van der Waals surface area (Å²) in [6.07, 6.45) is 1.64. The molecule has 34 heavy (non-hydrogen) atoms. The number of carbonyl (C=O) groups excluding carboxylic acids is 2. The third-order valence-electron chi connectivity index (χ3n) is 6.44. The van der Waals surface area contributed by atoms with Gasteiger partial charge in [0.05, 0.1) is 18.7 Å². The molecule has 0 atom stereocenters. The van der Waals surface area contributed by atoms with E-state index in [1.807, 2.05) is 38.2 Å². The fraction of sp³-hybridized carbons (Fsp3) is 0.320. The summed E-state index contributed by atoms with van der Waals surface area (Å²) in [7, 11) is 0. The van der Waals surface area contributed by atoms with Crippen molar-refractivity contribution in [1.82, 2.24) is 19.8 Å². The predicted octanol–water partition coefficient (Wildman–Crippen LogP) is 2.94. The van der Waals surface area contributed by atoms with Gasteiger partial charge in [0.25, 0.3) is 5.91 Å². The second-order valence-electron chi connectivity index (χ2n) is 8.84. The van der Waals surface area contributed by atoms with Gasteiger partial charge in [-0.3, -0.25) is 4.79 Å². The van der Waals surface area contributed by atoms with Crippen molar-refractivity contribution in [3.63, 3.8) is 0 Å². The highest BCUT2D eigenvalue weighted by atomic mass is 16.6. The minimum Gasteiger partial charge on any atom is -0.448 e. The molecule has 1 fully saturated rings. The molecule has 1 aromatic carbocycles. The quantitative estimate of drug-likeness (QED) is 0.539. The first-order valence-corrected chi connectivity index (χ1v) is 11.3. The van der Waals surface area contributed by atoms with Gasteiger partial charge < -0.3 is 30.6 Å². The van der Waals surface area contributed by atoms with Crippen LogP contribution >= 0.6 is 0 Å². The lowest BCUT2D eigenvalue weighted by Crippen LogP contribution is -2.23. The molecule has 2 aliphatic rings. The Kier molecular flexibility index (Phi) is 5.61. The molecule has 4 heterocycles. The molecule has 0 bridgehead atoms. The van der Waals surface area contributed by atoms with Gasteiger partial charge in [-0.25, -0.2) is 9.78 Å². The minimum atomic E-state index is -0.261. The Morgan fingerprint density at radius 2 is 2.12 bits per heavy atom. The highest BCUT2D eigenvalue weighted by Crippen LogP contribution is 2.26. The van der Waals surface area contributed by atoms with Crippen molar-refractivity contribution in [3.05, 3.63) is 75.7 Å². The molecule has 0 radical (unpaired) electrons. The second kappa shape index (κ2) is 8.74. The zero-order valence-corrected chi connectivity index (χ0v) is 19.4. The van der Waals surface area contributed by atoms with Crippen LogP contribution in [0.3, 0.4) is 0 Å². The van der Waals surface area contributed by atoms with E-state index in [-0.39, 0.29) is 12.0 Å². The number of anilines is 2. The highest BCUT2D eigenvalue weighted by Gasteiger charge is 2.23. The number of nitrogens with zero attached hydrogens (tertiary/aromatic N) is 3. The van der Waals surface area contributed by atoms with Gasteiger partial charge in [-0.15, -0.1) is 0 Å². The van der Waals surface area contributed by atoms with E-state index < -0.39 is 0 Å². The van der Waals surface area contributed by atoms with Crippen LogP contribution in [0.4, 0.5) is 16.3 Å². The number of rotatable bonds is 5. The van der Waals surface area contributed by atoms with E-state index in [1.165, 1.54) is 0 Å². The Labute approximate surface area is 197 Å². The van der Waals surface area contributed by atoms with Crippen LogP contribution in [0.25, 0.3) is 0 Å². The number of hydrogen-bond donors (Lipinski definition) is 3. The molecule has 0 spiro atoms. The van der Waals surface area contributed by atoms with Crippen LogP contribution < -0.4 is 16.4 Å². The number of hydrogen-bond acceptors (Lipinski definition) is 6. The van der Waals surface area contributed by atoms with Crippen molar-refractivity contribution in [3.8, 4) is 0 Å². The molecule has 0 unspecified atom stereocenters. The molecule has 0 aliphatic carbocycles. The SMILES string of the molecule is Cc1cc(N)nc(C)c1CNC(=O)c1cc2n(c1)Cc1ccc(CN3CCOC3=O)cc1NC2. The Bertz CT molecular complexity index is 1260. The molecular formula is C25H28N6O3. The molecule has 9 heteroatoms. The smallest absolute Gasteiger partial charge is 0.410 e. The summed E-state index contributed by atoms with van der Waals surface area (Å²) in [4.78, 5) is 30.6. The van der Waals surface area contributed by atoms with Gasteiger partial charge >= 0.3 is 6.09 Å². The van der Waals surface area contributed by atoms with E-state index in [2.05, 4.69) is 32.3 Å². The number of amides is 2. The van der Waals surface area contributed by atoms with Crippen LogP contribution in [0.2, 0.25) is 0 Å². The molecule has 3 aromatic rings. The Balaban J connectivity index is 1.27. The van der Waals surface area contributed by atoms with Crippen molar-refractivity contribution < 1.29 is 14.3 Å². The van der Waals surface area contributed by atoms with Crippen LogP contribution in [0, 0.1) is 13.8 Å². The van der Waals surface area contributed by atoms with E-state index in [0.717, 1.165) is 39.3 Å². The Hall–Kier alpha value is -4.01. The van der Waals surface area contributed by atoms with Crippen molar-refractivity contribution in [2.24, 2.45) is 0 Å². The lowest BCUT2D eigenvalue weighted by atomic mass is 10.1. The number of aryl methyl sites for hydroxylation is 2. The molecule has 5 rings (SSSR count). The average molecular weight is 461 g/mol. The van der Waals surface area contributed by atoms with Gasteiger partial charge in [-0.05, 0) is 54.3 Å². The van der Waals surface area contributed by atoms with Gasteiger partial charge in [0.2, 0.25) is 0 Å². The first-order chi connectivity index (χ1) is 16.4. The fourth-order valence-corrected chi connectivity index (χ4v) is 4.58. The van der Waals surface area contributed by atoms with E-state index in [4.69, 9.17) is 10.5 Å². The lowest BCUT2D eigenvalue weighted by Gasteiger charge is -2.15. The number of aromatic nitrogens is 2. The monoisotopic (exact) mass is 460 g/mol. The van der Waals surface area contributed by atoms with E-state index in [1.54, 1.807) is 4.90 Å². The minimum absolute atomic E-state index is 0.121. The zero-order chi connectivity index (χ0) is 23.8. The molecule has 2 amide bonds. The van der Waals surface area contributed by atoms with Crippen LogP contribution in [0.1, 0.15) is 44.0 Å². The third-order valence-corrected chi connectivity index (χ3v) is 6.44. The number of carbonyl (C=O) groups is 2. The van der Waals surface area contributed by atoms with E-state index in [0.29, 0.717) is 50.7 Å². The van der Waals surface area contributed by atoms with Gasteiger partial charge in [0, 0.05) is 42.9 Å². The van der Waals surface area contributed by atoms with Crippen LogP contribution in [0.5, 0.6) is 0 Å². The highest BCUT2D eigenvalue weighted by molar-refractivity contribution is 5.94. The summed E-state index contributed by atoms with van der Waals surface area (Å²) < 4.78 is 7.12. The standard InChI is InChI=1S/C25H28N6O3/c1-15-7-23(26)29-16(2)21(15)11-28-24(32)19-9-20-10-27-22-8-17(12-30-5-6-34-25(30)33)3-4-18(22)13-31(20)14-19/h3-4,7-9,14,27H,5-6,10-13H2,1-2H3,(H2,26,29)(H,28,32). The lowest BCUT2D eigenvalue weighted by molar-refractivity contribution is 0.0950. The van der Waals surface area contributed by atoms with Gasteiger partial charge in [0.15, 0.2) is 0 Å². The Morgan fingerprint density at radius 1 is 1.26 bits per heavy atom. The molecule has 4 N–H and O–H groups in total. The summed E-state index contributed by atoms with van der Waals surface area (Å²) in [5.74, 6) is 0.365. The maximum absolute atomic E-state index is 12.9. The van der Waals surface area contributed by atoms with Gasteiger partial charge in [-0.1, -0.05) is 12.1 Å². The van der Waals surface area contributed by atoms with E-state index >= 15 is 0 Å². The molecule has 176 valence electrons. The molecule has 1 saturated heterocycles. The number of nitrogen functional groups attached to an aromatic ring is 1. The summed E-state index contributed by atoms with van der Waals surface area (Å²) in [6, 6.07) is 9.95. The number of fused-ring (bicyclic) bond motifs is 2. The van der Waals surface area contributed by atoms with Crippen LogP contribution in [-0.2, 0) is 30.9 Å². The number of pyridine rings is 1. The van der Waals surface area contributed by atoms with Crippen molar-refractivity contribution in [2.45, 2.75) is 40.0 Å². The molecular weight excluding hydrogens is 432 g/mol. The molecule has 2 aliphatic heterocycles. The Morgan fingerprint density at radius 3 is 2.88 bits per heavy atom. The predicted molar refractivity (Wildman–Crippen MR) is 128 cm³/mol. The first kappa shape index (κ1) is 21.8. The maximum atomic E-state index is 12.9. The second-order valence-corrected chi connectivity index (χ2v) is 8.84. The topological polar surface area (TPSA) is 115 Å². The molecule has 2 aromatic heterocycles. The average Bonchev–Trinajstić information content (AvgIpc) is 3.34. The molecule has 0 saturated carbocycles. The zero-order valence-electron chi connectivity index (χ0n) is 19.4. The number of cyclic esters (lactones) is 1. The number of benzene rings is 1. The van der Waals surface area contributed by atoms with Crippen LogP contribution in [-0.4, -0.2) is 39.6 Å². The van der Waals surface area contributed by atoms with Crippen molar-refractivity contribution >= 4 is 23.5 Å². The first-order valence-electron chi connectivity index (χ1n) is 11.3. The number of nitrogens with two attached hydrogens (primary N) is 1. The van der Waals surface area contributed by atoms with Crippen molar-refractivity contribution in [2.75, 3.05) is 24.2 Å². The summed E-state index contributed by atoms with van der Waals surface area (Å²) in [5.41, 5.74) is 13.5. The van der Waals surface area contributed by atoms with Gasteiger partial charge in [0.1, 0.15) is 12.4 Å². The third kappa shape index (κ3) is 4.28. The normalized spacial score (nSPS) is 14.6. The summed E-state index contributed by atoms with van der Waals surface area (Å²) in [6.45, 7) is 7.14. The van der Waals surface area contributed by atoms with Gasteiger partial charge in [-0.2, -0.15) is 0 Å². The number of nitrogens with one attached hydrogen (secondary N) is 2. The summed E-state index contributed by atoms with van der Waals surface area (Å²) >= 11 is 0.